The number of piperazine rings is 1. The number of nitrogens with two attached hydrogens (primary N) is 2. The zero-order valence-corrected chi connectivity index (χ0v) is 20.9. The lowest BCUT2D eigenvalue weighted by Crippen LogP contribution is -2.49. The second-order valence-electron chi connectivity index (χ2n) is 9.09. The standard InChI is InChI=1S/C26H31F2N5O2S/c27-17-10-18(28)12-20(11-17)32-26(34)25(35-21-3-1-2-4-21)24(13-29)33-8-7-31-23(14-33)22-6-5-19(30)9-16(22)15-36/h5-6,9-13,21,23,29,31,36H,1-4,7-8,14-15,30H2,(H,32,34)/p+1/b25-24-,29-13?. The Labute approximate surface area is 215 Å². The van der Waals surface area contributed by atoms with Gasteiger partial charge in [0.05, 0.1) is 12.1 Å². The maximum Gasteiger partial charge on any atom is 0.293 e. The summed E-state index contributed by atoms with van der Waals surface area (Å²) in [6.07, 6.45) is 4.90. The average molecular weight is 517 g/mol. The van der Waals surface area contributed by atoms with E-state index in [9.17, 15) is 13.6 Å². The molecule has 0 radical (unpaired) electrons. The van der Waals surface area contributed by atoms with Crippen molar-refractivity contribution < 1.29 is 23.7 Å². The number of ether oxygens (including phenoxy) is 1. The Bertz CT molecular complexity index is 1130. The van der Waals surface area contributed by atoms with E-state index in [-0.39, 0.29) is 23.6 Å². The van der Waals surface area contributed by atoms with Crippen molar-refractivity contribution in [1.29, 1.82) is 0 Å². The smallest absolute Gasteiger partial charge is 0.293 e. The fourth-order valence-electron chi connectivity index (χ4n) is 4.82. The maximum atomic E-state index is 13.7. The largest absolute Gasteiger partial charge is 0.483 e. The molecular weight excluding hydrogens is 484 g/mol. The summed E-state index contributed by atoms with van der Waals surface area (Å²) in [7, 11) is 0. The van der Waals surface area contributed by atoms with E-state index in [0.717, 1.165) is 55.0 Å². The Kier molecular flexibility index (Phi) is 8.48. The molecule has 2 aliphatic rings. The number of nitrogen functional groups attached to an aromatic ring is 1. The van der Waals surface area contributed by atoms with E-state index in [1.165, 1.54) is 6.21 Å². The Morgan fingerprint density at radius 3 is 2.61 bits per heavy atom. The molecule has 192 valence electrons. The summed E-state index contributed by atoms with van der Waals surface area (Å²) in [5.74, 6) is -1.60. The lowest BCUT2D eigenvalue weighted by Gasteiger charge is -2.36. The van der Waals surface area contributed by atoms with Crippen molar-refractivity contribution in [2.75, 3.05) is 30.7 Å². The molecular formula is C26H32F2N5O2S+. The molecule has 1 saturated heterocycles. The molecule has 0 aromatic heterocycles. The summed E-state index contributed by atoms with van der Waals surface area (Å²) in [6, 6.07) is 8.56. The van der Waals surface area contributed by atoms with Gasteiger partial charge in [-0.25, -0.2) is 8.78 Å². The third-order valence-electron chi connectivity index (χ3n) is 6.53. The molecule has 2 fully saturated rings. The molecule has 6 N–H and O–H groups in total. The first kappa shape index (κ1) is 26.0. The zero-order chi connectivity index (χ0) is 25.7. The van der Waals surface area contributed by atoms with Crippen molar-refractivity contribution in [2.24, 2.45) is 0 Å². The number of carbonyl (C=O) groups is 1. The molecule has 0 bridgehead atoms. The highest BCUT2D eigenvalue weighted by Gasteiger charge is 2.31. The first-order valence-electron chi connectivity index (χ1n) is 12.1. The van der Waals surface area contributed by atoms with E-state index in [1.54, 1.807) is 0 Å². The second-order valence-corrected chi connectivity index (χ2v) is 9.40. The Balaban J connectivity index is 1.65. The quantitative estimate of drug-likeness (QED) is 0.122. The number of amides is 1. The van der Waals surface area contributed by atoms with E-state index in [0.29, 0.717) is 36.8 Å². The van der Waals surface area contributed by atoms with Gasteiger partial charge in [0.15, 0.2) is 6.21 Å². The van der Waals surface area contributed by atoms with Gasteiger partial charge in [-0.15, -0.1) is 0 Å². The molecule has 1 amide bonds. The summed E-state index contributed by atoms with van der Waals surface area (Å²) in [5.41, 5.74) is 9.16. The molecule has 2 aromatic carbocycles. The predicted octanol–water partition coefficient (Wildman–Crippen LogP) is 2.56. The van der Waals surface area contributed by atoms with Gasteiger partial charge in [-0.2, -0.15) is 12.6 Å². The summed E-state index contributed by atoms with van der Waals surface area (Å²) in [4.78, 5) is 15.4. The highest BCUT2D eigenvalue weighted by Crippen LogP contribution is 2.29. The second kappa shape index (κ2) is 11.7. The van der Waals surface area contributed by atoms with Crippen molar-refractivity contribution in [2.45, 2.75) is 43.6 Å². The molecule has 1 aliphatic carbocycles. The lowest BCUT2D eigenvalue weighted by molar-refractivity contribution is -0.118. The van der Waals surface area contributed by atoms with E-state index in [4.69, 9.17) is 15.9 Å². The summed E-state index contributed by atoms with van der Waals surface area (Å²) < 4.78 is 33.6. The number of thiol groups is 1. The third-order valence-corrected chi connectivity index (χ3v) is 6.87. The first-order chi connectivity index (χ1) is 17.4. The molecule has 1 atom stereocenters. The van der Waals surface area contributed by atoms with Crippen molar-refractivity contribution in [3.05, 3.63) is 70.6 Å². The summed E-state index contributed by atoms with van der Waals surface area (Å²) in [6.45, 7) is 1.75. The van der Waals surface area contributed by atoms with Crippen LogP contribution in [0, 0.1) is 11.6 Å². The fourth-order valence-corrected chi connectivity index (χ4v) is 5.10. The van der Waals surface area contributed by atoms with Crippen LogP contribution in [0.15, 0.2) is 47.9 Å². The zero-order valence-electron chi connectivity index (χ0n) is 20.0. The van der Waals surface area contributed by atoms with Crippen LogP contribution in [0.4, 0.5) is 20.2 Å². The highest BCUT2D eigenvalue weighted by molar-refractivity contribution is 7.79. The molecule has 4 rings (SSSR count). The molecule has 1 aliphatic heterocycles. The Hall–Kier alpha value is -3.11. The van der Waals surface area contributed by atoms with Crippen LogP contribution in [0.25, 0.3) is 0 Å². The molecule has 2 aromatic rings. The van der Waals surface area contributed by atoms with Crippen LogP contribution >= 0.6 is 12.6 Å². The van der Waals surface area contributed by atoms with Crippen LogP contribution in [0.2, 0.25) is 0 Å². The van der Waals surface area contributed by atoms with Crippen LogP contribution in [-0.4, -0.2) is 42.8 Å². The number of nitrogens with zero attached hydrogens (tertiary/aromatic N) is 1. The number of carbonyl (C=O) groups excluding carboxylic acids is 1. The number of halogens is 2. The van der Waals surface area contributed by atoms with E-state index < -0.39 is 17.5 Å². The summed E-state index contributed by atoms with van der Waals surface area (Å²) in [5, 5.41) is 12.2. The number of rotatable bonds is 8. The van der Waals surface area contributed by atoms with Gasteiger partial charge in [0.1, 0.15) is 17.3 Å². The minimum atomic E-state index is -0.786. The van der Waals surface area contributed by atoms with Crippen LogP contribution in [0.5, 0.6) is 0 Å². The number of anilines is 2. The van der Waals surface area contributed by atoms with Gasteiger partial charge in [0.25, 0.3) is 5.91 Å². The van der Waals surface area contributed by atoms with Gasteiger partial charge in [-0.1, -0.05) is 6.07 Å². The van der Waals surface area contributed by atoms with Crippen molar-refractivity contribution in [1.82, 2.24) is 10.2 Å². The molecule has 1 unspecified atom stereocenters. The van der Waals surface area contributed by atoms with E-state index in [2.05, 4.69) is 23.3 Å². The minimum absolute atomic E-state index is 0.000115. The molecule has 1 saturated carbocycles. The van der Waals surface area contributed by atoms with Crippen LogP contribution in [0.1, 0.15) is 42.9 Å². The number of hydrogen-bond acceptors (Lipinski definition) is 6. The van der Waals surface area contributed by atoms with Crippen molar-refractivity contribution in [3.63, 3.8) is 0 Å². The topological polar surface area (TPSA) is 105 Å². The van der Waals surface area contributed by atoms with Gasteiger partial charge in [0, 0.05) is 42.8 Å². The number of allylic oxidation sites excluding steroid dienone is 1. The summed E-state index contributed by atoms with van der Waals surface area (Å²) >= 11 is 4.46. The SMILES string of the molecule is Nc1ccc(C2CN(/C(C=[NH2+])=C(\OC3CCCC3)C(=O)Nc3cc(F)cc(F)c3)CCN2)c(CS)c1. The normalized spacial score (nSPS) is 19.1. The molecule has 10 heteroatoms. The molecule has 0 spiro atoms. The average Bonchev–Trinajstić information content (AvgIpc) is 3.36. The highest BCUT2D eigenvalue weighted by atomic mass is 32.1. The Morgan fingerprint density at radius 1 is 1.22 bits per heavy atom. The van der Waals surface area contributed by atoms with Crippen molar-refractivity contribution >= 4 is 36.1 Å². The van der Waals surface area contributed by atoms with Gasteiger partial charge in [0.2, 0.25) is 5.76 Å². The first-order valence-corrected chi connectivity index (χ1v) is 12.7. The van der Waals surface area contributed by atoms with Crippen LogP contribution in [0.3, 0.4) is 0 Å². The van der Waals surface area contributed by atoms with Gasteiger partial charge >= 0.3 is 0 Å². The van der Waals surface area contributed by atoms with Crippen LogP contribution < -0.4 is 21.8 Å². The van der Waals surface area contributed by atoms with E-state index in [1.807, 2.05) is 23.1 Å². The number of nitrogens with one attached hydrogen (secondary N) is 2. The van der Waals surface area contributed by atoms with E-state index >= 15 is 0 Å². The fraction of sp³-hybridized carbons (Fsp3) is 0.385. The molecule has 7 nitrogen and oxygen atoms in total. The predicted molar refractivity (Wildman–Crippen MR) is 139 cm³/mol. The Morgan fingerprint density at radius 2 is 1.94 bits per heavy atom. The molecule has 1 heterocycles. The van der Waals surface area contributed by atoms with Gasteiger partial charge in [-0.3, -0.25) is 10.2 Å². The van der Waals surface area contributed by atoms with Crippen LogP contribution in [-0.2, 0) is 15.3 Å². The minimum Gasteiger partial charge on any atom is -0.483 e. The number of hydrogen-bond donors (Lipinski definition) is 5. The maximum absolute atomic E-state index is 13.7. The number of benzene rings is 2. The third kappa shape index (κ3) is 6.17. The van der Waals surface area contributed by atoms with Gasteiger partial charge < -0.3 is 26.0 Å². The monoisotopic (exact) mass is 516 g/mol. The lowest BCUT2D eigenvalue weighted by atomic mass is 9.98. The van der Waals surface area contributed by atoms with Crippen molar-refractivity contribution in [3.8, 4) is 0 Å². The molecule has 36 heavy (non-hydrogen) atoms. The van der Waals surface area contributed by atoms with Gasteiger partial charge in [-0.05, 0) is 61.1 Å².